The van der Waals surface area contributed by atoms with E-state index in [1.807, 2.05) is 0 Å². The van der Waals surface area contributed by atoms with Crippen LogP contribution in [0.5, 0.6) is 0 Å². The number of rotatable bonds is 4. The monoisotopic (exact) mass is 438 g/mol. The van der Waals surface area contributed by atoms with Crippen molar-refractivity contribution in [3.05, 3.63) is 101 Å². The van der Waals surface area contributed by atoms with Crippen molar-refractivity contribution in [1.29, 1.82) is 0 Å². The zero-order chi connectivity index (χ0) is 22.4. The number of hydrogen-bond acceptors (Lipinski definition) is 7. The van der Waals surface area contributed by atoms with Crippen LogP contribution in [0.15, 0.2) is 53.5 Å². The number of non-ortho nitro benzene ring substituents is 2. The summed E-state index contributed by atoms with van der Waals surface area (Å²) in [6.45, 7) is 1.72. The van der Waals surface area contributed by atoms with Crippen LogP contribution in [0.1, 0.15) is 16.7 Å². The van der Waals surface area contributed by atoms with Gasteiger partial charge in [0.05, 0.1) is 37.8 Å². The van der Waals surface area contributed by atoms with Crippen molar-refractivity contribution in [2.75, 3.05) is 0 Å². The van der Waals surface area contributed by atoms with Gasteiger partial charge in [0, 0.05) is 34.3 Å². The van der Waals surface area contributed by atoms with Crippen LogP contribution in [0.3, 0.4) is 0 Å². The van der Waals surface area contributed by atoms with Gasteiger partial charge in [-0.1, -0.05) is 17.7 Å². The molecule has 0 fully saturated rings. The van der Waals surface area contributed by atoms with Gasteiger partial charge in [0.25, 0.3) is 17.1 Å². The molecule has 11 heteroatoms. The molecule has 0 N–H and O–H groups in total. The highest BCUT2D eigenvalue weighted by Crippen LogP contribution is 2.46. The third-order valence-corrected chi connectivity index (χ3v) is 5.38. The van der Waals surface area contributed by atoms with Gasteiger partial charge in [-0.05, 0) is 36.2 Å². The third-order valence-electron chi connectivity index (χ3n) is 4.97. The van der Waals surface area contributed by atoms with Crippen molar-refractivity contribution in [2.24, 2.45) is 4.99 Å². The van der Waals surface area contributed by atoms with Gasteiger partial charge in [-0.3, -0.25) is 30.3 Å². The maximum Gasteiger partial charge on any atom is 0.284 e. The smallest absolute Gasteiger partial charge is 0.258 e. The predicted molar refractivity (Wildman–Crippen MR) is 113 cm³/mol. The molecule has 0 saturated carbocycles. The van der Waals surface area contributed by atoms with E-state index in [9.17, 15) is 30.3 Å². The maximum atomic E-state index is 11.7. The average molecular weight is 439 g/mol. The van der Waals surface area contributed by atoms with Crippen molar-refractivity contribution < 1.29 is 14.8 Å². The van der Waals surface area contributed by atoms with Crippen LogP contribution in [0, 0.1) is 37.3 Å². The summed E-state index contributed by atoms with van der Waals surface area (Å²) in [5.41, 5.74) is 0.891. The molecule has 0 aliphatic heterocycles. The molecule has 3 aromatic rings. The summed E-state index contributed by atoms with van der Waals surface area (Å²) in [7, 11) is 0. The van der Waals surface area contributed by atoms with Crippen molar-refractivity contribution >= 4 is 40.1 Å². The first-order valence-corrected chi connectivity index (χ1v) is 9.17. The molecule has 0 radical (unpaired) electrons. The topological polar surface area (TPSA) is 142 Å². The van der Waals surface area contributed by atoms with E-state index in [1.54, 1.807) is 25.1 Å². The van der Waals surface area contributed by atoms with Crippen LogP contribution in [-0.4, -0.2) is 20.5 Å². The Morgan fingerprint density at radius 1 is 0.806 bits per heavy atom. The Morgan fingerprint density at radius 2 is 1.48 bits per heavy atom. The van der Waals surface area contributed by atoms with Crippen LogP contribution in [0.25, 0.3) is 11.1 Å². The summed E-state index contributed by atoms with van der Waals surface area (Å²) >= 11 is 6.16. The summed E-state index contributed by atoms with van der Waals surface area (Å²) in [5, 5.41) is 34.8. The number of aliphatic imine (C=N–C) groups is 1. The van der Waals surface area contributed by atoms with E-state index in [4.69, 9.17) is 11.6 Å². The molecule has 154 valence electrons. The predicted octanol–water partition coefficient (Wildman–Crippen LogP) is 5.52. The number of fused-ring (bicyclic) bond motifs is 3. The van der Waals surface area contributed by atoms with E-state index in [2.05, 4.69) is 4.99 Å². The highest BCUT2D eigenvalue weighted by Gasteiger charge is 2.36. The van der Waals surface area contributed by atoms with Crippen molar-refractivity contribution in [1.82, 2.24) is 0 Å². The Labute approximate surface area is 178 Å². The van der Waals surface area contributed by atoms with Gasteiger partial charge in [-0.2, -0.15) is 0 Å². The first kappa shape index (κ1) is 20.1. The fourth-order valence-electron chi connectivity index (χ4n) is 3.49. The van der Waals surface area contributed by atoms with Gasteiger partial charge < -0.3 is 0 Å². The van der Waals surface area contributed by atoms with Crippen LogP contribution in [-0.2, 0) is 0 Å². The standard InChI is InChI=1S/C20H11ClN4O6/c1-10-16(21)3-2-4-17(10)22-20-14-7-11(23(26)27)5-6-13(14)19-15(20)8-12(24(28)29)9-18(19)25(30)31/h2-9H,1H3. The van der Waals surface area contributed by atoms with E-state index in [-0.39, 0.29) is 28.1 Å². The van der Waals surface area contributed by atoms with Gasteiger partial charge >= 0.3 is 0 Å². The highest BCUT2D eigenvalue weighted by molar-refractivity contribution is 6.32. The molecule has 0 aromatic heterocycles. The summed E-state index contributed by atoms with van der Waals surface area (Å²) < 4.78 is 0. The molecule has 31 heavy (non-hydrogen) atoms. The molecular formula is C20H11ClN4O6. The molecule has 0 spiro atoms. The summed E-state index contributed by atoms with van der Waals surface area (Å²) in [6, 6.07) is 10.9. The van der Waals surface area contributed by atoms with Gasteiger partial charge in [0.1, 0.15) is 0 Å². The molecule has 0 saturated heterocycles. The van der Waals surface area contributed by atoms with Gasteiger partial charge in [-0.25, -0.2) is 4.99 Å². The number of nitrogens with zero attached hydrogens (tertiary/aromatic N) is 4. The number of halogens is 1. The SMILES string of the molecule is Cc1c(Cl)cccc1N=C1c2cc([N+](=O)[O-])ccc2-c2c1cc([N+](=O)[O-])cc2[N+](=O)[O-]. The summed E-state index contributed by atoms with van der Waals surface area (Å²) in [5.74, 6) is 0. The van der Waals surface area contributed by atoms with E-state index >= 15 is 0 Å². The molecule has 0 unspecified atom stereocenters. The third kappa shape index (κ3) is 3.28. The van der Waals surface area contributed by atoms with E-state index in [1.165, 1.54) is 24.3 Å². The van der Waals surface area contributed by atoms with Crippen LogP contribution < -0.4 is 0 Å². The van der Waals surface area contributed by atoms with Gasteiger partial charge in [0.2, 0.25) is 0 Å². The lowest BCUT2D eigenvalue weighted by molar-refractivity contribution is -0.393. The molecule has 0 amide bonds. The van der Waals surface area contributed by atoms with Crippen molar-refractivity contribution in [3.8, 4) is 11.1 Å². The normalized spacial score (nSPS) is 13.0. The Balaban J connectivity index is 2.11. The Kier molecular flexibility index (Phi) is 4.71. The molecule has 10 nitrogen and oxygen atoms in total. The van der Waals surface area contributed by atoms with Crippen LogP contribution in [0.2, 0.25) is 5.02 Å². The van der Waals surface area contributed by atoms with Crippen LogP contribution >= 0.6 is 11.6 Å². The Morgan fingerprint density at radius 3 is 2.13 bits per heavy atom. The average Bonchev–Trinajstić information content (AvgIpc) is 3.03. The molecule has 1 aliphatic rings. The summed E-state index contributed by atoms with van der Waals surface area (Å²) in [4.78, 5) is 36.9. The zero-order valence-electron chi connectivity index (χ0n) is 15.7. The molecule has 3 aromatic carbocycles. The minimum absolute atomic E-state index is 0.124. The second kappa shape index (κ2) is 7.26. The van der Waals surface area contributed by atoms with Crippen LogP contribution in [0.4, 0.5) is 22.7 Å². The Hall–Kier alpha value is -4.18. The maximum absolute atomic E-state index is 11.7. The quantitative estimate of drug-likeness (QED) is 0.303. The lowest BCUT2D eigenvalue weighted by Gasteiger charge is -2.06. The number of hydrogen-bond donors (Lipinski definition) is 0. The molecule has 4 rings (SSSR count). The fraction of sp³-hybridized carbons (Fsp3) is 0.0500. The first-order valence-electron chi connectivity index (χ1n) is 8.79. The largest absolute Gasteiger partial charge is 0.284 e. The second-order valence-electron chi connectivity index (χ2n) is 6.73. The Bertz CT molecular complexity index is 1350. The van der Waals surface area contributed by atoms with Crippen molar-refractivity contribution in [2.45, 2.75) is 6.92 Å². The van der Waals surface area contributed by atoms with E-state index < -0.39 is 26.1 Å². The zero-order valence-corrected chi connectivity index (χ0v) is 16.5. The molecule has 0 heterocycles. The number of benzene rings is 3. The lowest BCUT2D eigenvalue weighted by atomic mass is 10.0. The van der Waals surface area contributed by atoms with Crippen molar-refractivity contribution in [3.63, 3.8) is 0 Å². The second-order valence-corrected chi connectivity index (χ2v) is 7.14. The summed E-state index contributed by atoms with van der Waals surface area (Å²) in [6.07, 6.45) is 0. The molecule has 1 aliphatic carbocycles. The number of nitro benzene ring substituents is 3. The number of nitro groups is 3. The van der Waals surface area contributed by atoms with Gasteiger partial charge in [0.15, 0.2) is 0 Å². The van der Waals surface area contributed by atoms with Gasteiger partial charge in [-0.15, -0.1) is 0 Å². The van der Waals surface area contributed by atoms with E-state index in [0.29, 0.717) is 21.8 Å². The minimum Gasteiger partial charge on any atom is -0.258 e. The minimum atomic E-state index is -0.735. The molecular weight excluding hydrogens is 428 g/mol. The molecule has 0 bridgehead atoms. The highest BCUT2D eigenvalue weighted by atomic mass is 35.5. The lowest BCUT2D eigenvalue weighted by Crippen LogP contribution is -2.02. The fourth-order valence-corrected chi connectivity index (χ4v) is 3.66. The van der Waals surface area contributed by atoms with E-state index in [0.717, 1.165) is 6.07 Å². The molecule has 0 atom stereocenters. The first-order chi connectivity index (χ1) is 14.7.